The normalized spacial score (nSPS) is 13.6. The number of nitro benzene ring substituents is 2. The lowest BCUT2D eigenvalue weighted by atomic mass is 10.1. The molecule has 0 aromatic heterocycles. The van der Waals surface area contributed by atoms with Crippen molar-refractivity contribution in [2.75, 3.05) is 41.3 Å². The Kier molecular flexibility index (Phi) is 6.18. The standard InChI is InChI=1S/C22H20ClN5O5/c23-17-6-1-2-7-19(17)25-8-10-26(11-9-25)21-13-18(24-15-4-3-5-16(29)12-15)20(27(30)31)14-22(21)28(32)33/h1-7,12-14,24,29H,8-11H2. The molecule has 1 heterocycles. The van der Waals surface area contributed by atoms with Gasteiger partial charge in [-0.2, -0.15) is 0 Å². The molecule has 2 N–H and O–H groups in total. The van der Waals surface area contributed by atoms with E-state index in [-0.39, 0.29) is 22.8 Å². The second-order valence-electron chi connectivity index (χ2n) is 7.47. The molecule has 0 amide bonds. The highest BCUT2D eigenvalue weighted by atomic mass is 35.5. The third-order valence-corrected chi connectivity index (χ3v) is 5.74. The highest BCUT2D eigenvalue weighted by Crippen LogP contribution is 2.40. The molecule has 0 aliphatic carbocycles. The van der Waals surface area contributed by atoms with Crippen LogP contribution in [-0.2, 0) is 0 Å². The van der Waals surface area contributed by atoms with E-state index in [0.29, 0.717) is 36.9 Å². The largest absolute Gasteiger partial charge is 0.508 e. The van der Waals surface area contributed by atoms with Crippen LogP contribution >= 0.6 is 11.6 Å². The molecule has 0 atom stereocenters. The first-order valence-electron chi connectivity index (χ1n) is 10.1. The average molecular weight is 470 g/mol. The van der Waals surface area contributed by atoms with Crippen LogP contribution in [0.25, 0.3) is 0 Å². The second-order valence-corrected chi connectivity index (χ2v) is 7.88. The number of rotatable bonds is 6. The topological polar surface area (TPSA) is 125 Å². The Hall–Kier alpha value is -4.05. The molecular weight excluding hydrogens is 450 g/mol. The van der Waals surface area contributed by atoms with E-state index in [0.717, 1.165) is 11.8 Å². The SMILES string of the molecule is O=[N+]([O-])c1cc([N+](=O)[O-])c(N2CCN(c3ccccc3Cl)CC2)cc1Nc1cccc(O)c1. The van der Waals surface area contributed by atoms with Crippen molar-refractivity contribution < 1.29 is 15.0 Å². The third kappa shape index (κ3) is 4.75. The zero-order chi connectivity index (χ0) is 23.5. The van der Waals surface area contributed by atoms with Gasteiger partial charge in [-0.05, 0) is 30.3 Å². The Morgan fingerprint density at radius 1 is 0.818 bits per heavy atom. The van der Waals surface area contributed by atoms with Crippen LogP contribution in [0.3, 0.4) is 0 Å². The average Bonchev–Trinajstić information content (AvgIpc) is 2.79. The van der Waals surface area contributed by atoms with Crippen molar-refractivity contribution in [1.29, 1.82) is 0 Å². The predicted molar refractivity (Wildman–Crippen MR) is 127 cm³/mol. The Labute approximate surface area is 193 Å². The van der Waals surface area contributed by atoms with Gasteiger partial charge in [0.05, 0.1) is 26.6 Å². The van der Waals surface area contributed by atoms with Gasteiger partial charge in [-0.1, -0.05) is 29.8 Å². The molecule has 11 heteroatoms. The number of nitro groups is 2. The minimum atomic E-state index is -0.669. The fraction of sp³-hybridized carbons (Fsp3) is 0.182. The minimum Gasteiger partial charge on any atom is -0.508 e. The van der Waals surface area contributed by atoms with Crippen molar-refractivity contribution in [2.24, 2.45) is 0 Å². The summed E-state index contributed by atoms with van der Waals surface area (Å²) in [5, 5.41) is 36.6. The summed E-state index contributed by atoms with van der Waals surface area (Å²) in [6.45, 7) is 2.09. The van der Waals surface area contributed by atoms with Crippen LogP contribution in [0, 0.1) is 20.2 Å². The molecule has 1 aliphatic heterocycles. The summed E-state index contributed by atoms with van der Waals surface area (Å²) in [4.78, 5) is 26.0. The Morgan fingerprint density at radius 2 is 1.45 bits per heavy atom. The van der Waals surface area contributed by atoms with Crippen LogP contribution in [-0.4, -0.2) is 41.1 Å². The van der Waals surface area contributed by atoms with Gasteiger partial charge in [0, 0.05) is 37.9 Å². The minimum absolute atomic E-state index is 0.0134. The third-order valence-electron chi connectivity index (χ3n) is 5.42. The fourth-order valence-corrected chi connectivity index (χ4v) is 4.11. The van der Waals surface area contributed by atoms with Crippen molar-refractivity contribution in [2.45, 2.75) is 0 Å². The van der Waals surface area contributed by atoms with Gasteiger partial charge in [0.2, 0.25) is 0 Å². The Morgan fingerprint density at radius 3 is 2.06 bits per heavy atom. The maximum absolute atomic E-state index is 11.8. The van der Waals surface area contributed by atoms with Gasteiger partial charge in [-0.3, -0.25) is 20.2 Å². The van der Waals surface area contributed by atoms with Gasteiger partial charge in [0.25, 0.3) is 11.4 Å². The monoisotopic (exact) mass is 469 g/mol. The number of nitrogens with zero attached hydrogens (tertiary/aromatic N) is 4. The molecule has 33 heavy (non-hydrogen) atoms. The molecule has 10 nitrogen and oxygen atoms in total. The number of benzene rings is 3. The molecule has 3 aromatic rings. The van der Waals surface area contributed by atoms with E-state index in [4.69, 9.17) is 11.6 Å². The smallest absolute Gasteiger partial charge is 0.299 e. The number of piperazine rings is 1. The fourth-order valence-electron chi connectivity index (χ4n) is 3.85. The first-order chi connectivity index (χ1) is 15.8. The number of hydrogen-bond acceptors (Lipinski definition) is 8. The van der Waals surface area contributed by atoms with E-state index >= 15 is 0 Å². The molecule has 170 valence electrons. The molecule has 0 saturated carbocycles. The van der Waals surface area contributed by atoms with Crippen LogP contribution in [0.1, 0.15) is 0 Å². The zero-order valence-corrected chi connectivity index (χ0v) is 18.1. The molecule has 1 aliphatic rings. The predicted octanol–water partition coefficient (Wildman–Crippen LogP) is 4.93. The van der Waals surface area contributed by atoms with Crippen LogP contribution in [0.15, 0.2) is 60.7 Å². The Bertz CT molecular complexity index is 1210. The number of phenolic OH excluding ortho intramolecular Hbond substituents is 1. The van der Waals surface area contributed by atoms with Gasteiger partial charge in [0.1, 0.15) is 17.1 Å². The number of para-hydroxylation sites is 1. The highest BCUT2D eigenvalue weighted by molar-refractivity contribution is 6.33. The summed E-state index contributed by atoms with van der Waals surface area (Å²) >= 11 is 6.30. The lowest BCUT2D eigenvalue weighted by Crippen LogP contribution is -2.46. The molecule has 0 spiro atoms. The molecule has 1 fully saturated rings. The lowest BCUT2D eigenvalue weighted by Gasteiger charge is -2.37. The van der Waals surface area contributed by atoms with E-state index in [1.165, 1.54) is 18.2 Å². The van der Waals surface area contributed by atoms with Crippen LogP contribution in [0.4, 0.5) is 34.1 Å². The lowest BCUT2D eigenvalue weighted by molar-refractivity contribution is -0.393. The maximum Gasteiger partial charge on any atom is 0.299 e. The summed E-state index contributed by atoms with van der Waals surface area (Å²) in [5.74, 6) is -0.0134. The number of halogens is 1. The van der Waals surface area contributed by atoms with E-state index < -0.39 is 15.5 Å². The first-order valence-corrected chi connectivity index (χ1v) is 10.5. The van der Waals surface area contributed by atoms with E-state index in [1.807, 2.05) is 29.2 Å². The van der Waals surface area contributed by atoms with Crippen molar-refractivity contribution in [3.05, 3.63) is 85.9 Å². The van der Waals surface area contributed by atoms with Gasteiger partial charge in [-0.25, -0.2) is 0 Å². The van der Waals surface area contributed by atoms with Crippen molar-refractivity contribution in [1.82, 2.24) is 0 Å². The number of hydrogen-bond donors (Lipinski definition) is 2. The maximum atomic E-state index is 11.8. The van der Waals surface area contributed by atoms with Gasteiger partial charge >= 0.3 is 0 Å². The molecule has 4 rings (SSSR count). The number of nitrogens with one attached hydrogen (secondary N) is 1. The molecule has 0 radical (unpaired) electrons. The quantitative estimate of drug-likeness (QED) is 0.384. The van der Waals surface area contributed by atoms with Gasteiger partial charge in [-0.15, -0.1) is 0 Å². The zero-order valence-electron chi connectivity index (χ0n) is 17.3. The molecule has 0 bridgehead atoms. The Balaban J connectivity index is 1.66. The van der Waals surface area contributed by atoms with Crippen molar-refractivity contribution in [3.63, 3.8) is 0 Å². The molecule has 1 saturated heterocycles. The van der Waals surface area contributed by atoms with Gasteiger partial charge < -0.3 is 20.2 Å². The van der Waals surface area contributed by atoms with Crippen molar-refractivity contribution in [3.8, 4) is 5.75 Å². The summed E-state index contributed by atoms with van der Waals surface area (Å²) < 4.78 is 0. The number of phenols is 1. The molecule has 0 unspecified atom stereocenters. The summed E-state index contributed by atoms with van der Waals surface area (Å²) in [6, 6.07) is 16.0. The van der Waals surface area contributed by atoms with Crippen LogP contribution in [0.2, 0.25) is 5.02 Å². The van der Waals surface area contributed by atoms with Gasteiger partial charge in [0.15, 0.2) is 0 Å². The molecular formula is C22H20ClN5O5. The molecule has 3 aromatic carbocycles. The summed E-state index contributed by atoms with van der Waals surface area (Å²) in [5.41, 5.74) is 0.925. The van der Waals surface area contributed by atoms with E-state index in [9.17, 15) is 25.3 Å². The number of anilines is 4. The second kappa shape index (κ2) is 9.21. The van der Waals surface area contributed by atoms with Crippen molar-refractivity contribution >= 4 is 45.7 Å². The van der Waals surface area contributed by atoms with E-state index in [2.05, 4.69) is 10.2 Å². The number of aromatic hydroxyl groups is 1. The first kappa shape index (κ1) is 22.2. The summed E-state index contributed by atoms with van der Waals surface area (Å²) in [7, 11) is 0. The van der Waals surface area contributed by atoms with Crippen LogP contribution in [0.5, 0.6) is 5.75 Å². The summed E-state index contributed by atoms with van der Waals surface area (Å²) in [6.07, 6.45) is 0. The van der Waals surface area contributed by atoms with Crippen LogP contribution < -0.4 is 15.1 Å². The highest BCUT2D eigenvalue weighted by Gasteiger charge is 2.30. The van der Waals surface area contributed by atoms with E-state index in [1.54, 1.807) is 12.1 Å².